The van der Waals surface area contributed by atoms with Crippen LogP contribution in [0.4, 0.5) is 5.69 Å². The summed E-state index contributed by atoms with van der Waals surface area (Å²) in [6.07, 6.45) is 0. The monoisotopic (exact) mass is 621 g/mol. The zero-order chi connectivity index (χ0) is 29.2. The number of carbonyl (C=O) groups excluding carboxylic acids is 4. The van der Waals surface area contributed by atoms with Gasteiger partial charge < -0.3 is 9.47 Å². The predicted octanol–water partition coefficient (Wildman–Crippen LogP) is 5.64. The number of Topliss-reactive ketones (excluding diaryl/α,β-unsaturated/α-hetero) is 1. The minimum atomic E-state index is -0.862. The maximum atomic E-state index is 14.2. The van der Waals surface area contributed by atoms with Crippen LogP contribution in [0.2, 0.25) is 0 Å². The van der Waals surface area contributed by atoms with Crippen LogP contribution in [0.15, 0.2) is 97.1 Å². The van der Waals surface area contributed by atoms with Crippen molar-refractivity contribution in [2.45, 2.75) is 10.2 Å². The first kappa shape index (κ1) is 26.3. The number of halogens is 1. The molecule has 1 saturated heterocycles. The molecule has 208 valence electrons. The number of methoxy groups -OCH3 is 1. The summed E-state index contributed by atoms with van der Waals surface area (Å²) in [6.45, 7) is -0.453. The average molecular weight is 622 g/mol. The molecule has 3 aliphatic carbocycles. The molecule has 1 aliphatic heterocycles. The van der Waals surface area contributed by atoms with E-state index in [0.717, 1.165) is 22.3 Å². The Balaban J connectivity index is 1.18. The van der Waals surface area contributed by atoms with E-state index in [1.807, 2.05) is 48.5 Å². The fourth-order valence-electron chi connectivity index (χ4n) is 6.78. The van der Waals surface area contributed by atoms with Gasteiger partial charge in [-0.25, -0.2) is 9.69 Å². The first-order chi connectivity index (χ1) is 20.3. The van der Waals surface area contributed by atoms with Crippen LogP contribution in [0.3, 0.4) is 0 Å². The lowest BCUT2D eigenvalue weighted by Gasteiger charge is -2.51. The Labute approximate surface area is 250 Å². The smallest absolute Gasteiger partial charge is 0.338 e. The summed E-state index contributed by atoms with van der Waals surface area (Å²) in [5, 5.41) is 0. The molecule has 0 aromatic heterocycles. The topological polar surface area (TPSA) is 90.0 Å². The molecule has 2 atom stereocenters. The van der Waals surface area contributed by atoms with Gasteiger partial charge >= 0.3 is 5.97 Å². The van der Waals surface area contributed by atoms with Gasteiger partial charge in [0.05, 0.1) is 34.5 Å². The second kappa shape index (κ2) is 9.77. The van der Waals surface area contributed by atoms with Crippen LogP contribution in [0.25, 0.3) is 0 Å². The van der Waals surface area contributed by atoms with Gasteiger partial charge in [-0.3, -0.25) is 14.4 Å². The number of carbonyl (C=O) groups is 4. The van der Waals surface area contributed by atoms with Gasteiger partial charge in [0.2, 0.25) is 11.8 Å². The summed E-state index contributed by atoms with van der Waals surface area (Å²) in [5.41, 5.74) is 4.88. The van der Waals surface area contributed by atoms with E-state index >= 15 is 0 Å². The largest absolute Gasteiger partial charge is 0.497 e. The van der Waals surface area contributed by atoms with E-state index in [1.54, 1.807) is 36.4 Å². The van der Waals surface area contributed by atoms with Crippen molar-refractivity contribution in [3.8, 4) is 5.75 Å². The molecule has 4 aromatic carbocycles. The average Bonchev–Trinajstić information content (AvgIpc) is 3.30. The molecule has 0 spiro atoms. The Morgan fingerprint density at radius 3 is 2.10 bits per heavy atom. The molecule has 2 amide bonds. The summed E-state index contributed by atoms with van der Waals surface area (Å²) in [6, 6.07) is 28.7. The Kier molecular flexibility index (Phi) is 6.13. The standard InChI is InChI=1S/C34H24BrNO6/c1-41-22-15-13-19(14-16-22)27(37)18-42-33(40)20-7-6-8-21(17-20)36-31(38)29-28-23-9-2-4-11-25(23)34(35,30(29)32(36)39)26-12-5-3-10-24(26)28/h2-17,28-30H,18H2,1H3/t28?,29-,30+,34?/m0/s1. The van der Waals surface area contributed by atoms with E-state index in [1.165, 1.54) is 24.1 Å². The molecule has 0 unspecified atom stereocenters. The van der Waals surface area contributed by atoms with Crippen molar-refractivity contribution in [1.29, 1.82) is 0 Å². The first-order valence-corrected chi connectivity index (χ1v) is 14.3. The van der Waals surface area contributed by atoms with Gasteiger partial charge in [-0.2, -0.15) is 0 Å². The zero-order valence-corrected chi connectivity index (χ0v) is 24.0. The van der Waals surface area contributed by atoms with Gasteiger partial charge in [0, 0.05) is 11.5 Å². The second-order valence-electron chi connectivity index (χ2n) is 10.7. The highest BCUT2D eigenvalue weighted by molar-refractivity contribution is 9.09. The number of imide groups is 1. The predicted molar refractivity (Wildman–Crippen MR) is 158 cm³/mol. The molecule has 0 N–H and O–H groups in total. The molecule has 8 rings (SSSR count). The highest BCUT2D eigenvalue weighted by Gasteiger charge is 2.67. The van der Waals surface area contributed by atoms with Gasteiger partial charge in [0.25, 0.3) is 0 Å². The van der Waals surface area contributed by atoms with E-state index < -0.39 is 28.7 Å². The third-order valence-electron chi connectivity index (χ3n) is 8.60. The van der Waals surface area contributed by atoms with Crippen LogP contribution >= 0.6 is 15.9 Å². The zero-order valence-electron chi connectivity index (χ0n) is 22.5. The molecule has 2 bridgehead atoms. The normalized spacial score (nSPS) is 23.2. The summed E-state index contributed by atoms with van der Waals surface area (Å²) in [4.78, 5) is 55.0. The molecule has 1 heterocycles. The van der Waals surface area contributed by atoms with E-state index in [0.29, 0.717) is 17.0 Å². The fraction of sp³-hybridized carbons (Fsp3) is 0.176. The van der Waals surface area contributed by atoms with Crippen LogP contribution in [0.5, 0.6) is 5.75 Å². The van der Waals surface area contributed by atoms with Crippen molar-refractivity contribution < 1.29 is 28.7 Å². The van der Waals surface area contributed by atoms with Crippen molar-refractivity contribution in [3.05, 3.63) is 130 Å². The number of amides is 2. The lowest BCUT2D eigenvalue weighted by Crippen LogP contribution is -2.50. The molecular formula is C34H24BrNO6. The van der Waals surface area contributed by atoms with Gasteiger partial charge in [-0.15, -0.1) is 0 Å². The number of benzene rings is 4. The number of alkyl halides is 1. The molecule has 1 fully saturated rings. The number of ether oxygens (including phenoxy) is 2. The van der Waals surface area contributed by atoms with E-state index in [-0.39, 0.29) is 29.1 Å². The quantitative estimate of drug-likeness (QED) is 0.120. The summed E-state index contributed by atoms with van der Waals surface area (Å²) < 4.78 is 9.54. The Morgan fingerprint density at radius 2 is 1.45 bits per heavy atom. The van der Waals surface area contributed by atoms with Crippen LogP contribution < -0.4 is 9.64 Å². The van der Waals surface area contributed by atoms with E-state index in [9.17, 15) is 19.2 Å². The van der Waals surface area contributed by atoms with E-state index in [2.05, 4.69) is 15.9 Å². The van der Waals surface area contributed by atoms with Crippen molar-refractivity contribution in [3.63, 3.8) is 0 Å². The van der Waals surface area contributed by atoms with Crippen LogP contribution in [-0.2, 0) is 18.7 Å². The summed E-state index contributed by atoms with van der Waals surface area (Å²) in [5.74, 6) is -2.63. The minimum absolute atomic E-state index is 0.133. The maximum absolute atomic E-state index is 14.2. The number of anilines is 1. The molecular weight excluding hydrogens is 598 g/mol. The summed E-state index contributed by atoms with van der Waals surface area (Å²) >= 11 is 3.99. The van der Waals surface area contributed by atoms with Crippen LogP contribution in [0.1, 0.15) is 48.9 Å². The molecule has 4 aliphatic rings. The van der Waals surface area contributed by atoms with Crippen molar-refractivity contribution in [2.24, 2.45) is 11.8 Å². The number of rotatable bonds is 6. The lowest BCUT2D eigenvalue weighted by atomic mass is 9.55. The fourth-order valence-corrected chi connectivity index (χ4v) is 7.98. The summed E-state index contributed by atoms with van der Waals surface area (Å²) in [7, 11) is 1.53. The Hall–Kier alpha value is -4.56. The molecule has 7 nitrogen and oxygen atoms in total. The lowest BCUT2D eigenvalue weighted by molar-refractivity contribution is -0.122. The molecule has 0 saturated carbocycles. The van der Waals surface area contributed by atoms with Crippen molar-refractivity contribution >= 4 is 45.2 Å². The highest BCUT2D eigenvalue weighted by atomic mass is 79.9. The van der Waals surface area contributed by atoms with E-state index in [4.69, 9.17) is 9.47 Å². The third kappa shape index (κ3) is 3.71. The van der Waals surface area contributed by atoms with Gasteiger partial charge in [-0.1, -0.05) is 70.5 Å². The third-order valence-corrected chi connectivity index (χ3v) is 9.95. The number of hydrogen-bond acceptors (Lipinski definition) is 6. The van der Waals surface area contributed by atoms with Crippen molar-refractivity contribution in [2.75, 3.05) is 18.6 Å². The van der Waals surface area contributed by atoms with Crippen LogP contribution in [-0.4, -0.2) is 37.3 Å². The number of hydrogen-bond donors (Lipinski definition) is 0. The molecule has 0 radical (unpaired) electrons. The SMILES string of the molecule is COc1ccc(C(=O)COC(=O)c2cccc(N3C(=O)[C@H]4C5c6ccccc6C(Br)(c6ccccc65)[C@H]4C3=O)c2)cc1. The van der Waals surface area contributed by atoms with Crippen molar-refractivity contribution in [1.82, 2.24) is 0 Å². The molecule has 4 aromatic rings. The first-order valence-electron chi connectivity index (χ1n) is 13.5. The molecule has 8 heteroatoms. The van der Waals surface area contributed by atoms with Gasteiger partial charge in [-0.05, 0) is 64.7 Å². The second-order valence-corrected chi connectivity index (χ2v) is 11.9. The van der Waals surface area contributed by atoms with Gasteiger partial charge in [0.15, 0.2) is 12.4 Å². The van der Waals surface area contributed by atoms with Crippen LogP contribution in [0, 0.1) is 11.8 Å². The molecule has 42 heavy (non-hydrogen) atoms. The Bertz CT molecular complexity index is 1750. The Morgan fingerprint density at radius 1 is 0.810 bits per heavy atom. The number of esters is 1. The highest BCUT2D eigenvalue weighted by Crippen LogP contribution is 2.66. The maximum Gasteiger partial charge on any atom is 0.338 e. The number of ketones is 1. The van der Waals surface area contributed by atoms with Gasteiger partial charge in [0.1, 0.15) is 5.75 Å². The number of nitrogens with zero attached hydrogens (tertiary/aromatic N) is 1. The minimum Gasteiger partial charge on any atom is -0.497 e.